The summed E-state index contributed by atoms with van der Waals surface area (Å²) < 4.78 is 36.2. The van der Waals surface area contributed by atoms with Gasteiger partial charge in [0.05, 0.1) is 47.9 Å². The van der Waals surface area contributed by atoms with E-state index < -0.39 is 58.1 Å². The van der Waals surface area contributed by atoms with Crippen molar-refractivity contribution in [3.63, 3.8) is 0 Å². The molecule has 3 atom stereocenters. The molecule has 6 N–H and O–H groups in total. The molecule has 20 nitrogen and oxygen atoms in total. The number of aliphatic hydroxyl groups is 1. The Morgan fingerprint density at radius 2 is 1.76 bits per heavy atom. The van der Waals surface area contributed by atoms with Crippen molar-refractivity contribution in [2.75, 3.05) is 29.1 Å². The van der Waals surface area contributed by atoms with Crippen LogP contribution in [0.2, 0.25) is 5.02 Å². The van der Waals surface area contributed by atoms with Gasteiger partial charge in [0.2, 0.25) is 15.9 Å². The minimum atomic E-state index is -3.83. The minimum Gasteiger partial charge on any atom is -0.479 e. The van der Waals surface area contributed by atoms with E-state index in [-0.39, 0.29) is 90.0 Å². The van der Waals surface area contributed by atoms with E-state index in [0.717, 1.165) is 16.2 Å². The fourth-order valence-electron chi connectivity index (χ4n) is 9.20. The Kier molecular flexibility index (Phi) is 14.4. The molecule has 1 saturated carbocycles. The molecule has 2 amide bonds. The Morgan fingerprint density at radius 1 is 1.00 bits per heavy atom. The quantitative estimate of drug-likeness (QED) is 0.0567. The van der Waals surface area contributed by atoms with Crippen LogP contribution >= 0.6 is 22.9 Å². The van der Waals surface area contributed by atoms with Crippen LogP contribution in [0.1, 0.15) is 95.5 Å². The number of nitrogens with zero attached hydrogens (tertiary/aromatic N) is 5. The number of rotatable bonds is 18. The molecule has 0 radical (unpaired) electrons. The number of nitrogens with one attached hydrogen (secondary N) is 3. The normalized spacial score (nSPS) is 19.2. The molecule has 5 aromatic rings. The maximum Gasteiger partial charge on any atom is 0.349 e. The van der Waals surface area contributed by atoms with Crippen LogP contribution < -0.4 is 20.7 Å². The van der Waals surface area contributed by atoms with Crippen LogP contribution in [0.5, 0.6) is 5.75 Å². The first-order valence-electron chi connectivity index (χ1n) is 22.3. The lowest BCUT2D eigenvalue weighted by molar-refractivity contribution is -0.139. The van der Waals surface area contributed by atoms with Gasteiger partial charge in [-0.05, 0) is 74.6 Å². The van der Waals surface area contributed by atoms with E-state index in [4.69, 9.17) is 21.4 Å². The second-order valence-corrected chi connectivity index (χ2v) is 21.2. The molecule has 1 saturated heterocycles. The zero-order valence-electron chi connectivity index (χ0n) is 37.9. The van der Waals surface area contributed by atoms with E-state index in [1.54, 1.807) is 66.9 Å². The van der Waals surface area contributed by atoms with E-state index in [2.05, 4.69) is 26.3 Å². The van der Waals surface area contributed by atoms with Crippen LogP contribution in [0.4, 0.5) is 17.1 Å². The summed E-state index contributed by atoms with van der Waals surface area (Å²) >= 11 is 7.38. The summed E-state index contributed by atoms with van der Waals surface area (Å²) in [4.78, 5) is 75.3. The van der Waals surface area contributed by atoms with Crippen LogP contribution in [0.3, 0.4) is 0 Å². The topological polar surface area (TPSA) is 280 Å². The molecule has 23 heteroatoms. The monoisotopic (exact) mass is 1020 g/mol. The molecule has 4 heterocycles. The van der Waals surface area contributed by atoms with Gasteiger partial charge in [-0.3, -0.25) is 28.8 Å². The number of carboxylic acids is 2. The number of carbonyl (C=O) groups excluding carboxylic acids is 4. The van der Waals surface area contributed by atoms with Crippen molar-refractivity contribution in [3.8, 4) is 16.2 Å². The summed E-state index contributed by atoms with van der Waals surface area (Å²) in [6, 6.07) is 17.8. The number of aliphatic hydroxyl groups excluding tert-OH is 1. The Bertz CT molecular complexity index is 3010. The van der Waals surface area contributed by atoms with Gasteiger partial charge in [-0.15, -0.1) is 16.4 Å². The average Bonchev–Trinajstić information content (AvgIpc) is 3.97. The van der Waals surface area contributed by atoms with Crippen LogP contribution in [0.25, 0.3) is 10.4 Å². The summed E-state index contributed by atoms with van der Waals surface area (Å²) in [5.41, 5.74) is 2.93. The third-order valence-electron chi connectivity index (χ3n) is 12.3. The zero-order valence-corrected chi connectivity index (χ0v) is 40.3. The number of fused-ring (bicyclic) bond motifs is 1. The predicted octanol–water partition coefficient (Wildman–Crippen LogP) is 5.78. The smallest absolute Gasteiger partial charge is 0.349 e. The molecular weight excluding hydrogens is 968 g/mol. The molecule has 2 aromatic heterocycles. The van der Waals surface area contributed by atoms with Gasteiger partial charge in [0, 0.05) is 53.6 Å². The number of carbonyl (C=O) groups is 6. The largest absolute Gasteiger partial charge is 0.479 e. The number of ether oxygens (including phenoxy) is 1. The van der Waals surface area contributed by atoms with Gasteiger partial charge >= 0.3 is 11.9 Å². The standard InChI is InChI=1S/C47H49ClN8O12S2/c1-47(2)21-30(50-29-9-4-7-27(19-29)42-40(48)41(68-24-38(60)61)43(69-42)46(64)65)14-17-55(47)70(66,67)25-26-6-3-8-28(18-26)51-37(59)15-16-54-23-31(52-53-54)22-49-34-11-5-10-33-39(34)45(63)56(44(33)62)35-13-12-32(57)20-36(35)58/h3-11,18-19,23,30,35,44,49-50,62H,12-17,20-22,24-25H2,1-2H3,(H,51,59)(H,60,61)(H,64,65)/t30-,35?,44?/m1/s1. The third-order valence-corrected chi connectivity index (χ3v) is 16.0. The van der Waals surface area contributed by atoms with Crippen LogP contribution in [0.15, 0.2) is 72.9 Å². The molecule has 368 valence electrons. The van der Waals surface area contributed by atoms with Crippen LogP contribution in [-0.2, 0) is 48.0 Å². The van der Waals surface area contributed by atoms with Crippen molar-refractivity contribution >= 4 is 85.3 Å². The lowest BCUT2D eigenvalue weighted by Crippen LogP contribution is -2.55. The highest BCUT2D eigenvalue weighted by Gasteiger charge is 2.45. The fraction of sp³-hybridized carbons (Fsp3) is 0.362. The van der Waals surface area contributed by atoms with Gasteiger partial charge in [0.25, 0.3) is 5.91 Å². The minimum absolute atomic E-state index is 0.0126. The molecule has 3 aliphatic rings. The number of sulfonamides is 1. The zero-order chi connectivity index (χ0) is 50.1. The molecule has 2 aliphatic heterocycles. The van der Waals surface area contributed by atoms with Crippen molar-refractivity contribution in [2.24, 2.45) is 0 Å². The predicted molar refractivity (Wildman–Crippen MR) is 257 cm³/mol. The van der Waals surface area contributed by atoms with Crippen molar-refractivity contribution < 1.29 is 57.2 Å². The fourth-order valence-corrected chi connectivity index (χ4v) is 12.6. The SMILES string of the molecule is CC1(C)C[C@H](Nc2cccc(-c3sc(C(=O)O)c(OCC(=O)O)c3Cl)c2)CCN1S(=O)(=O)Cc1cccc(NC(=O)CCn2cc(CNc3cccc4c3C(=O)N(C3CCC(=O)CC3=O)C4O)nn2)c1. The van der Waals surface area contributed by atoms with Gasteiger partial charge in [0.15, 0.2) is 29.2 Å². The molecule has 8 rings (SSSR count). The number of aryl methyl sites for hydroxylation is 1. The van der Waals surface area contributed by atoms with Gasteiger partial charge in [-0.1, -0.05) is 53.2 Å². The summed E-state index contributed by atoms with van der Waals surface area (Å²) in [5.74, 6) is -4.52. The lowest BCUT2D eigenvalue weighted by atomic mass is 9.89. The molecule has 0 spiro atoms. The summed E-state index contributed by atoms with van der Waals surface area (Å²) in [5, 5.41) is 47.5. The summed E-state index contributed by atoms with van der Waals surface area (Å²) in [6.45, 7) is 3.54. The number of aromatic carboxylic acids is 1. The summed E-state index contributed by atoms with van der Waals surface area (Å²) in [6.07, 6.45) is 1.34. The molecule has 0 bridgehead atoms. The van der Waals surface area contributed by atoms with Crippen molar-refractivity contribution in [1.29, 1.82) is 0 Å². The highest BCUT2D eigenvalue weighted by Crippen LogP contribution is 2.46. The number of benzene rings is 3. The van der Waals surface area contributed by atoms with Crippen molar-refractivity contribution in [3.05, 3.63) is 105 Å². The van der Waals surface area contributed by atoms with Gasteiger partial charge < -0.3 is 36.0 Å². The average molecular weight is 1020 g/mol. The van der Waals surface area contributed by atoms with Gasteiger partial charge in [0.1, 0.15) is 16.5 Å². The van der Waals surface area contributed by atoms with Gasteiger partial charge in [-0.2, -0.15) is 4.31 Å². The highest BCUT2D eigenvalue weighted by molar-refractivity contribution is 7.88. The maximum atomic E-state index is 14.0. The number of hydrogen-bond acceptors (Lipinski definition) is 15. The van der Waals surface area contributed by atoms with E-state index in [1.165, 1.54) is 8.99 Å². The highest BCUT2D eigenvalue weighted by atomic mass is 35.5. The first kappa shape index (κ1) is 49.7. The molecule has 2 fully saturated rings. The number of anilines is 3. The number of carboxylic acid groups (broad SMARTS) is 2. The first-order valence-corrected chi connectivity index (χ1v) is 25.1. The van der Waals surface area contributed by atoms with Crippen LogP contribution in [-0.4, -0.2) is 114 Å². The molecule has 70 heavy (non-hydrogen) atoms. The second-order valence-electron chi connectivity index (χ2n) is 17.9. The number of aromatic nitrogens is 3. The van der Waals surface area contributed by atoms with E-state index >= 15 is 0 Å². The molecule has 3 aromatic carbocycles. The number of piperidine rings is 1. The molecule has 1 aliphatic carbocycles. The number of aliphatic carboxylic acids is 1. The first-order chi connectivity index (χ1) is 33.3. The Labute approximate surface area is 410 Å². The second kappa shape index (κ2) is 20.3. The number of amides is 2. The van der Waals surface area contributed by atoms with E-state index in [9.17, 15) is 47.4 Å². The number of thiophene rings is 1. The lowest BCUT2D eigenvalue weighted by Gasteiger charge is -2.45. The third kappa shape index (κ3) is 10.8. The van der Waals surface area contributed by atoms with Crippen molar-refractivity contribution in [1.82, 2.24) is 24.2 Å². The maximum absolute atomic E-state index is 14.0. The molecule has 2 unspecified atom stereocenters. The van der Waals surface area contributed by atoms with Gasteiger partial charge in [-0.25, -0.2) is 18.0 Å². The molecular formula is C47H49ClN8O12S2. The Morgan fingerprint density at radius 3 is 2.50 bits per heavy atom. The van der Waals surface area contributed by atoms with E-state index in [1.807, 2.05) is 19.9 Å². The Balaban J connectivity index is 0.822. The Hall–Kier alpha value is -6.72. The number of Topliss-reactive ketones (excluding diaryl/α,β-unsaturated/α-hetero) is 2. The number of hydrogen-bond donors (Lipinski definition) is 6. The van der Waals surface area contributed by atoms with Crippen LogP contribution in [0, 0.1) is 0 Å². The number of ketones is 2. The van der Waals surface area contributed by atoms with Crippen molar-refractivity contribution in [2.45, 2.75) is 95.1 Å². The number of halogens is 1. The van der Waals surface area contributed by atoms with E-state index in [0.29, 0.717) is 57.2 Å². The summed E-state index contributed by atoms with van der Waals surface area (Å²) in [7, 11) is -3.83.